The molecular formula is C27H31N3O4. The first-order valence-corrected chi connectivity index (χ1v) is 11.5. The molecule has 0 radical (unpaired) electrons. The Balaban J connectivity index is 1.63. The molecule has 0 bridgehead atoms. The highest BCUT2D eigenvalue weighted by Gasteiger charge is 2.25. The minimum Gasteiger partial charge on any atom is -0.493 e. The third-order valence-corrected chi connectivity index (χ3v) is 6.18. The number of ether oxygens (including phenoxy) is 1. The number of fused-ring (bicyclic) bond motifs is 1. The number of nitrogens with one attached hydrogen (secondary N) is 1. The van der Waals surface area contributed by atoms with Crippen molar-refractivity contribution in [2.24, 2.45) is 7.05 Å². The van der Waals surface area contributed by atoms with Gasteiger partial charge < -0.3 is 24.3 Å². The number of rotatable bonds is 8. The van der Waals surface area contributed by atoms with Crippen LogP contribution in [0.15, 0.2) is 53.2 Å². The predicted molar refractivity (Wildman–Crippen MR) is 132 cm³/mol. The fourth-order valence-electron chi connectivity index (χ4n) is 4.34. The maximum atomic E-state index is 13.3. The molecule has 1 unspecified atom stereocenters. The Morgan fingerprint density at radius 3 is 2.71 bits per heavy atom. The van der Waals surface area contributed by atoms with E-state index in [1.165, 1.54) is 0 Å². The van der Waals surface area contributed by atoms with Crippen molar-refractivity contribution >= 4 is 16.8 Å². The van der Waals surface area contributed by atoms with E-state index in [-0.39, 0.29) is 5.92 Å². The molecule has 4 rings (SSSR count). The number of benzene rings is 2. The van der Waals surface area contributed by atoms with Crippen LogP contribution in [0.1, 0.15) is 53.6 Å². The lowest BCUT2D eigenvalue weighted by Gasteiger charge is -2.21. The first-order chi connectivity index (χ1) is 16.3. The predicted octanol–water partition coefficient (Wildman–Crippen LogP) is 5.09. The van der Waals surface area contributed by atoms with E-state index in [4.69, 9.17) is 9.26 Å². The van der Waals surface area contributed by atoms with Gasteiger partial charge >= 0.3 is 0 Å². The van der Waals surface area contributed by atoms with Crippen molar-refractivity contribution in [1.82, 2.24) is 15.0 Å². The van der Waals surface area contributed by atoms with Gasteiger partial charge in [0.2, 0.25) is 0 Å². The minimum atomic E-state index is -1.08. The Bertz CT molecular complexity index is 1300. The summed E-state index contributed by atoms with van der Waals surface area (Å²) in [6.45, 7) is 8.10. The number of hydrogen-bond donors (Lipinski definition) is 2. The highest BCUT2D eigenvalue weighted by molar-refractivity contribution is 5.98. The second-order valence-electron chi connectivity index (χ2n) is 8.68. The SMILES string of the molecule is CCCOc1ccc(-c2c(C)noc2C)cc1C(=O)NC(O)[C@H](C)c1cn(C)c2ccccc12. The second kappa shape index (κ2) is 9.73. The topological polar surface area (TPSA) is 89.5 Å². The van der Waals surface area contributed by atoms with Gasteiger partial charge in [-0.1, -0.05) is 43.3 Å². The van der Waals surface area contributed by atoms with Crippen molar-refractivity contribution in [3.8, 4) is 16.9 Å². The molecule has 178 valence electrons. The van der Waals surface area contributed by atoms with E-state index >= 15 is 0 Å². The van der Waals surface area contributed by atoms with E-state index in [1.54, 1.807) is 12.1 Å². The quantitative estimate of drug-likeness (QED) is 0.357. The summed E-state index contributed by atoms with van der Waals surface area (Å²) < 4.78 is 13.2. The van der Waals surface area contributed by atoms with Crippen molar-refractivity contribution in [2.75, 3.05) is 6.61 Å². The monoisotopic (exact) mass is 461 g/mol. The number of aromatic nitrogens is 2. The highest BCUT2D eigenvalue weighted by atomic mass is 16.5. The Morgan fingerprint density at radius 1 is 1.24 bits per heavy atom. The van der Waals surface area contributed by atoms with Gasteiger partial charge in [0.25, 0.3) is 5.91 Å². The molecule has 2 N–H and O–H groups in total. The molecule has 0 saturated carbocycles. The largest absolute Gasteiger partial charge is 0.493 e. The molecule has 2 atom stereocenters. The average Bonchev–Trinajstić information content (AvgIpc) is 3.35. The molecular weight excluding hydrogens is 430 g/mol. The van der Waals surface area contributed by atoms with Crippen LogP contribution in [0.25, 0.3) is 22.0 Å². The second-order valence-corrected chi connectivity index (χ2v) is 8.68. The molecule has 34 heavy (non-hydrogen) atoms. The number of hydrogen-bond acceptors (Lipinski definition) is 5. The van der Waals surface area contributed by atoms with E-state index in [9.17, 15) is 9.90 Å². The van der Waals surface area contributed by atoms with Crippen molar-refractivity contribution in [3.63, 3.8) is 0 Å². The van der Waals surface area contributed by atoms with Crippen LogP contribution in [0.3, 0.4) is 0 Å². The lowest BCUT2D eigenvalue weighted by atomic mass is 9.98. The average molecular weight is 462 g/mol. The molecule has 2 aromatic carbocycles. The Labute approximate surface area is 199 Å². The van der Waals surface area contributed by atoms with Crippen LogP contribution >= 0.6 is 0 Å². The zero-order valence-electron chi connectivity index (χ0n) is 20.3. The number of para-hydroxylation sites is 1. The lowest BCUT2D eigenvalue weighted by Crippen LogP contribution is -2.38. The molecule has 0 fully saturated rings. The Kier molecular flexibility index (Phi) is 6.75. The number of aryl methyl sites for hydroxylation is 3. The number of carbonyl (C=O) groups is 1. The van der Waals surface area contributed by atoms with Gasteiger partial charge in [-0.05, 0) is 49.6 Å². The van der Waals surface area contributed by atoms with Crippen LogP contribution in [-0.4, -0.2) is 33.6 Å². The first kappa shape index (κ1) is 23.6. The molecule has 1 amide bonds. The van der Waals surface area contributed by atoms with E-state index in [0.717, 1.165) is 39.7 Å². The van der Waals surface area contributed by atoms with Gasteiger partial charge in [-0.25, -0.2) is 0 Å². The van der Waals surface area contributed by atoms with Gasteiger partial charge in [-0.15, -0.1) is 0 Å². The zero-order chi connectivity index (χ0) is 24.4. The number of nitrogens with zero attached hydrogens (tertiary/aromatic N) is 2. The van der Waals surface area contributed by atoms with Gasteiger partial charge in [0.15, 0.2) is 0 Å². The summed E-state index contributed by atoms with van der Waals surface area (Å²) in [5.41, 5.74) is 4.80. The third-order valence-electron chi connectivity index (χ3n) is 6.18. The smallest absolute Gasteiger partial charge is 0.257 e. The lowest BCUT2D eigenvalue weighted by molar-refractivity contribution is 0.0724. The summed E-state index contributed by atoms with van der Waals surface area (Å²) in [5, 5.41) is 18.8. The van der Waals surface area contributed by atoms with Crippen LogP contribution in [0.5, 0.6) is 5.75 Å². The first-order valence-electron chi connectivity index (χ1n) is 11.5. The van der Waals surface area contributed by atoms with Gasteiger partial charge in [0, 0.05) is 35.6 Å². The van der Waals surface area contributed by atoms with Crippen LogP contribution in [-0.2, 0) is 7.05 Å². The molecule has 0 aliphatic rings. The summed E-state index contributed by atoms with van der Waals surface area (Å²) in [5.74, 6) is 0.427. The van der Waals surface area contributed by atoms with Crippen molar-refractivity contribution in [2.45, 2.75) is 46.3 Å². The molecule has 4 aromatic rings. The molecule has 0 aliphatic carbocycles. The fourth-order valence-corrected chi connectivity index (χ4v) is 4.34. The molecule has 0 aliphatic heterocycles. The fraction of sp³-hybridized carbons (Fsp3) is 0.333. The number of aliphatic hydroxyl groups is 1. The highest BCUT2D eigenvalue weighted by Crippen LogP contribution is 2.32. The Morgan fingerprint density at radius 2 is 2.00 bits per heavy atom. The summed E-state index contributed by atoms with van der Waals surface area (Å²) in [4.78, 5) is 13.3. The van der Waals surface area contributed by atoms with Crippen molar-refractivity contribution < 1.29 is 19.2 Å². The maximum Gasteiger partial charge on any atom is 0.257 e. The van der Waals surface area contributed by atoms with E-state index < -0.39 is 12.1 Å². The van der Waals surface area contributed by atoms with E-state index in [2.05, 4.69) is 10.5 Å². The Hall–Kier alpha value is -3.58. The normalized spacial score (nSPS) is 13.1. The number of carbonyl (C=O) groups excluding carboxylic acids is 1. The molecule has 0 saturated heterocycles. The van der Waals surface area contributed by atoms with Gasteiger partial charge in [-0.3, -0.25) is 4.79 Å². The van der Waals surface area contributed by atoms with E-state index in [0.29, 0.717) is 23.7 Å². The van der Waals surface area contributed by atoms with Gasteiger partial charge in [0.05, 0.1) is 17.9 Å². The number of aliphatic hydroxyl groups excluding tert-OH is 1. The van der Waals surface area contributed by atoms with Crippen molar-refractivity contribution in [1.29, 1.82) is 0 Å². The van der Waals surface area contributed by atoms with Gasteiger partial charge in [0.1, 0.15) is 17.7 Å². The summed E-state index contributed by atoms with van der Waals surface area (Å²) >= 11 is 0. The van der Waals surface area contributed by atoms with E-state index in [1.807, 2.05) is 75.8 Å². The van der Waals surface area contributed by atoms with Crippen LogP contribution in [0.2, 0.25) is 0 Å². The van der Waals surface area contributed by atoms with Crippen LogP contribution < -0.4 is 10.1 Å². The zero-order valence-corrected chi connectivity index (χ0v) is 20.3. The van der Waals surface area contributed by atoms with Crippen LogP contribution in [0, 0.1) is 13.8 Å². The molecule has 2 aromatic heterocycles. The third kappa shape index (κ3) is 4.43. The molecule has 7 heteroatoms. The van der Waals surface area contributed by atoms with Crippen molar-refractivity contribution in [3.05, 3.63) is 71.2 Å². The standard InChI is InChI=1S/C27H31N3O4/c1-6-13-33-24-12-11-19(25-17(3)29-34-18(25)4)14-21(24)27(32)28-26(31)16(2)22-15-30(5)23-10-8-7-9-20(22)23/h7-12,14-16,26,31H,6,13H2,1-5H3,(H,28,32)/t16-,26?/m1/s1. The van der Waals surface area contributed by atoms with Crippen LogP contribution in [0.4, 0.5) is 0 Å². The summed E-state index contributed by atoms with van der Waals surface area (Å²) in [7, 11) is 1.97. The molecule has 7 nitrogen and oxygen atoms in total. The number of amides is 1. The maximum absolute atomic E-state index is 13.3. The van der Waals surface area contributed by atoms with Gasteiger partial charge in [-0.2, -0.15) is 0 Å². The molecule has 2 heterocycles. The summed E-state index contributed by atoms with van der Waals surface area (Å²) in [6.07, 6.45) is 1.73. The summed E-state index contributed by atoms with van der Waals surface area (Å²) in [6, 6.07) is 13.5. The minimum absolute atomic E-state index is 0.319. The molecule has 0 spiro atoms.